The number of rotatable bonds is 5. The van der Waals surface area contributed by atoms with Gasteiger partial charge < -0.3 is 4.74 Å². The molecule has 0 aliphatic rings. The second-order valence-electron chi connectivity index (χ2n) is 5.76. The van der Waals surface area contributed by atoms with Gasteiger partial charge in [0.2, 0.25) is 5.88 Å². The zero-order valence-electron chi connectivity index (χ0n) is 14.1. The van der Waals surface area contributed by atoms with E-state index in [1.54, 1.807) is 11.8 Å². The first-order valence-corrected chi connectivity index (χ1v) is 8.86. The summed E-state index contributed by atoms with van der Waals surface area (Å²) in [6.07, 6.45) is 0. The molecule has 1 heterocycles. The number of aromatic nitrogens is 2. The van der Waals surface area contributed by atoms with Crippen LogP contribution in [0.4, 0.5) is 0 Å². The third kappa shape index (κ3) is 4.36. The average molecular weight is 336 g/mol. The Bertz CT molecular complexity index is 831. The lowest BCUT2D eigenvalue weighted by atomic mass is 10.1. The van der Waals surface area contributed by atoms with Gasteiger partial charge in [-0.05, 0) is 44.0 Å². The van der Waals surface area contributed by atoms with Crippen molar-refractivity contribution in [2.45, 2.75) is 31.7 Å². The van der Waals surface area contributed by atoms with E-state index in [0.29, 0.717) is 5.88 Å². The third-order valence-corrected chi connectivity index (χ3v) is 4.57. The maximum Gasteiger partial charge on any atom is 0.223 e. The summed E-state index contributed by atoms with van der Waals surface area (Å²) in [4.78, 5) is 9.03. The highest BCUT2D eigenvalue weighted by atomic mass is 32.2. The minimum Gasteiger partial charge on any atom is -0.439 e. The Balaban J connectivity index is 1.74. The summed E-state index contributed by atoms with van der Waals surface area (Å²) in [6, 6.07) is 18.2. The minimum atomic E-state index is 0.582. The maximum atomic E-state index is 5.87. The van der Waals surface area contributed by atoms with Crippen molar-refractivity contribution in [1.29, 1.82) is 0 Å². The van der Waals surface area contributed by atoms with Crippen molar-refractivity contribution in [3.63, 3.8) is 0 Å². The lowest BCUT2D eigenvalue weighted by Crippen LogP contribution is -1.95. The van der Waals surface area contributed by atoms with Crippen LogP contribution in [0.3, 0.4) is 0 Å². The van der Waals surface area contributed by atoms with Gasteiger partial charge in [0, 0.05) is 17.5 Å². The molecule has 0 amide bonds. The number of benzene rings is 2. The Kier molecular flexibility index (Phi) is 5.16. The molecular weight excluding hydrogens is 316 g/mol. The van der Waals surface area contributed by atoms with Crippen LogP contribution in [0.1, 0.15) is 22.4 Å². The molecule has 0 saturated carbocycles. The highest BCUT2D eigenvalue weighted by Crippen LogP contribution is 2.26. The molecule has 3 aromatic rings. The van der Waals surface area contributed by atoms with Gasteiger partial charge in [-0.3, -0.25) is 0 Å². The Morgan fingerprint density at radius 1 is 0.917 bits per heavy atom. The van der Waals surface area contributed by atoms with Crippen molar-refractivity contribution in [1.82, 2.24) is 9.97 Å². The Labute approximate surface area is 147 Å². The second kappa shape index (κ2) is 7.49. The molecule has 0 aliphatic carbocycles. The van der Waals surface area contributed by atoms with Crippen LogP contribution in [0.2, 0.25) is 0 Å². The van der Waals surface area contributed by atoms with Crippen LogP contribution in [0, 0.1) is 20.8 Å². The summed E-state index contributed by atoms with van der Waals surface area (Å²) in [5.74, 6) is 2.22. The number of ether oxygens (including phenoxy) is 1. The fraction of sp³-hybridized carbons (Fsp3) is 0.200. The summed E-state index contributed by atoms with van der Waals surface area (Å²) >= 11 is 1.63. The first-order chi connectivity index (χ1) is 11.6. The van der Waals surface area contributed by atoms with Crippen molar-refractivity contribution >= 4 is 11.8 Å². The van der Waals surface area contributed by atoms with Crippen molar-refractivity contribution in [3.05, 3.63) is 77.0 Å². The molecule has 0 aliphatic heterocycles. The van der Waals surface area contributed by atoms with E-state index in [-0.39, 0.29) is 0 Å². The van der Waals surface area contributed by atoms with E-state index in [4.69, 9.17) is 4.74 Å². The van der Waals surface area contributed by atoms with Crippen molar-refractivity contribution in [2.24, 2.45) is 0 Å². The molecule has 3 rings (SSSR count). The van der Waals surface area contributed by atoms with Crippen molar-refractivity contribution in [2.75, 3.05) is 0 Å². The summed E-state index contributed by atoms with van der Waals surface area (Å²) in [5.41, 5.74) is 4.69. The average Bonchev–Trinajstić information content (AvgIpc) is 2.56. The number of hydrogen-bond acceptors (Lipinski definition) is 4. The largest absolute Gasteiger partial charge is 0.439 e. The van der Waals surface area contributed by atoms with E-state index in [0.717, 1.165) is 22.4 Å². The van der Waals surface area contributed by atoms with E-state index >= 15 is 0 Å². The molecule has 0 spiro atoms. The highest BCUT2D eigenvalue weighted by molar-refractivity contribution is 7.98. The van der Waals surface area contributed by atoms with Crippen LogP contribution in [-0.4, -0.2) is 9.97 Å². The number of nitrogens with zero attached hydrogens (tertiary/aromatic N) is 2. The molecule has 0 N–H and O–H groups in total. The number of aryl methyl sites for hydroxylation is 3. The van der Waals surface area contributed by atoms with Crippen LogP contribution >= 0.6 is 11.8 Å². The molecule has 4 heteroatoms. The van der Waals surface area contributed by atoms with Crippen LogP contribution in [0.5, 0.6) is 11.6 Å². The van der Waals surface area contributed by atoms with E-state index in [9.17, 15) is 0 Å². The van der Waals surface area contributed by atoms with Gasteiger partial charge in [-0.25, -0.2) is 4.98 Å². The number of thioether (sulfide) groups is 1. The molecule has 0 unspecified atom stereocenters. The molecule has 2 aromatic carbocycles. The minimum absolute atomic E-state index is 0.582. The maximum absolute atomic E-state index is 5.87. The van der Waals surface area contributed by atoms with Gasteiger partial charge >= 0.3 is 0 Å². The van der Waals surface area contributed by atoms with Gasteiger partial charge in [-0.1, -0.05) is 53.7 Å². The molecule has 0 atom stereocenters. The van der Waals surface area contributed by atoms with Crippen molar-refractivity contribution in [3.8, 4) is 11.6 Å². The van der Waals surface area contributed by atoms with Crippen molar-refractivity contribution < 1.29 is 4.74 Å². The quantitative estimate of drug-likeness (QED) is 0.456. The van der Waals surface area contributed by atoms with Crippen LogP contribution in [-0.2, 0) is 5.75 Å². The van der Waals surface area contributed by atoms with Gasteiger partial charge in [0.25, 0.3) is 0 Å². The van der Waals surface area contributed by atoms with Gasteiger partial charge in [0.05, 0.1) is 0 Å². The van der Waals surface area contributed by atoms with Gasteiger partial charge in [-0.2, -0.15) is 4.98 Å². The SMILES string of the molecule is Cc1ccc(Oc2cc(C)nc(SCc3ccccc3C)n2)cc1. The second-order valence-corrected chi connectivity index (χ2v) is 6.70. The lowest BCUT2D eigenvalue weighted by Gasteiger charge is -2.08. The van der Waals surface area contributed by atoms with Crippen LogP contribution in [0.25, 0.3) is 0 Å². The number of hydrogen-bond donors (Lipinski definition) is 0. The van der Waals surface area contributed by atoms with Gasteiger partial charge in [0.15, 0.2) is 5.16 Å². The fourth-order valence-electron chi connectivity index (χ4n) is 2.27. The summed E-state index contributed by atoms with van der Waals surface area (Å²) in [5, 5.41) is 0.736. The summed E-state index contributed by atoms with van der Waals surface area (Å²) < 4.78 is 5.87. The van der Waals surface area contributed by atoms with E-state index in [2.05, 4.69) is 48.1 Å². The molecule has 3 nitrogen and oxygen atoms in total. The molecule has 0 bridgehead atoms. The monoisotopic (exact) mass is 336 g/mol. The highest BCUT2D eigenvalue weighted by Gasteiger charge is 2.07. The Hall–Kier alpha value is -2.33. The molecule has 0 fully saturated rings. The summed E-state index contributed by atoms with van der Waals surface area (Å²) in [7, 11) is 0. The standard InChI is InChI=1S/C20H20N2OS/c1-14-8-10-18(11-9-14)23-19-12-16(3)21-20(22-19)24-13-17-7-5-4-6-15(17)2/h4-12H,13H2,1-3H3. The molecular formula is C20H20N2OS. The zero-order chi connectivity index (χ0) is 16.9. The predicted molar refractivity (Wildman–Crippen MR) is 98.8 cm³/mol. The van der Waals surface area contributed by atoms with E-state index in [1.807, 2.05) is 37.3 Å². The first-order valence-electron chi connectivity index (χ1n) is 7.88. The lowest BCUT2D eigenvalue weighted by molar-refractivity contribution is 0.454. The Morgan fingerprint density at radius 2 is 1.67 bits per heavy atom. The Morgan fingerprint density at radius 3 is 2.42 bits per heavy atom. The molecule has 0 radical (unpaired) electrons. The van der Waals surface area contributed by atoms with E-state index < -0.39 is 0 Å². The normalized spacial score (nSPS) is 10.6. The molecule has 122 valence electrons. The van der Waals surface area contributed by atoms with Gasteiger partial charge in [-0.15, -0.1) is 0 Å². The molecule has 1 aromatic heterocycles. The molecule has 0 saturated heterocycles. The van der Waals surface area contributed by atoms with Gasteiger partial charge in [0.1, 0.15) is 5.75 Å². The topological polar surface area (TPSA) is 35.0 Å². The summed E-state index contributed by atoms with van der Waals surface area (Å²) in [6.45, 7) is 6.14. The zero-order valence-corrected chi connectivity index (χ0v) is 14.9. The van der Waals surface area contributed by atoms with Crippen LogP contribution < -0.4 is 4.74 Å². The molecule has 24 heavy (non-hydrogen) atoms. The fourth-order valence-corrected chi connectivity index (χ4v) is 3.24. The smallest absolute Gasteiger partial charge is 0.223 e. The van der Waals surface area contributed by atoms with Crippen LogP contribution in [0.15, 0.2) is 59.8 Å². The first kappa shape index (κ1) is 16.5. The third-order valence-electron chi connectivity index (χ3n) is 3.67. The van der Waals surface area contributed by atoms with E-state index in [1.165, 1.54) is 16.7 Å². The predicted octanol–water partition coefficient (Wildman–Crippen LogP) is 5.49.